The lowest BCUT2D eigenvalue weighted by molar-refractivity contribution is -0.116. The van der Waals surface area contributed by atoms with Crippen molar-refractivity contribution in [1.29, 1.82) is 0 Å². The Kier molecular flexibility index (Phi) is 3.55. The number of rotatable bonds is 2. The van der Waals surface area contributed by atoms with E-state index in [1.807, 2.05) is 0 Å². The SMILES string of the molecule is COc1cc([C@H]2NC(=S)NC3=C2C(=O)CCC3)ccc1O. The highest BCUT2D eigenvalue weighted by Crippen LogP contribution is 2.36. The van der Waals surface area contributed by atoms with Crippen molar-refractivity contribution in [3.05, 3.63) is 35.0 Å². The molecule has 1 aliphatic carbocycles. The largest absolute Gasteiger partial charge is 0.504 e. The van der Waals surface area contributed by atoms with Gasteiger partial charge in [0.05, 0.1) is 13.2 Å². The molecule has 0 saturated carbocycles. The molecule has 110 valence electrons. The van der Waals surface area contributed by atoms with Gasteiger partial charge in [-0.05, 0) is 42.8 Å². The molecule has 21 heavy (non-hydrogen) atoms. The molecule has 5 nitrogen and oxygen atoms in total. The molecule has 0 radical (unpaired) electrons. The van der Waals surface area contributed by atoms with Gasteiger partial charge < -0.3 is 20.5 Å². The van der Waals surface area contributed by atoms with E-state index in [1.165, 1.54) is 7.11 Å². The summed E-state index contributed by atoms with van der Waals surface area (Å²) in [6.07, 6.45) is 2.23. The molecule has 1 aliphatic heterocycles. The Hall–Kier alpha value is -2.08. The quantitative estimate of drug-likeness (QED) is 0.725. The third kappa shape index (κ3) is 2.47. The molecule has 3 rings (SSSR count). The minimum atomic E-state index is -0.295. The average molecular weight is 304 g/mol. The Morgan fingerprint density at radius 3 is 2.95 bits per heavy atom. The minimum absolute atomic E-state index is 0.0712. The number of hydrogen-bond donors (Lipinski definition) is 3. The predicted octanol–water partition coefficient (Wildman–Crippen LogP) is 1.93. The molecule has 0 unspecified atom stereocenters. The van der Waals surface area contributed by atoms with Crippen LogP contribution in [0.2, 0.25) is 0 Å². The highest BCUT2D eigenvalue weighted by Gasteiger charge is 2.33. The first-order chi connectivity index (χ1) is 10.1. The van der Waals surface area contributed by atoms with E-state index in [2.05, 4.69) is 10.6 Å². The fourth-order valence-electron chi connectivity index (χ4n) is 2.83. The van der Waals surface area contributed by atoms with Gasteiger partial charge in [0, 0.05) is 17.7 Å². The number of nitrogens with one attached hydrogen (secondary N) is 2. The van der Waals surface area contributed by atoms with E-state index < -0.39 is 0 Å². The van der Waals surface area contributed by atoms with Crippen molar-refractivity contribution in [1.82, 2.24) is 10.6 Å². The van der Waals surface area contributed by atoms with Gasteiger partial charge in [-0.15, -0.1) is 0 Å². The van der Waals surface area contributed by atoms with Crippen molar-refractivity contribution in [3.63, 3.8) is 0 Å². The zero-order valence-corrected chi connectivity index (χ0v) is 12.4. The van der Waals surface area contributed by atoms with Crippen LogP contribution < -0.4 is 15.4 Å². The van der Waals surface area contributed by atoms with E-state index in [1.54, 1.807) is 18.2 Å². The molecule has 0 spiro atoms. The van der Waals surface area contributed by atoms with Gasteiger partial charge >= 0.3 is 0 Å². The number of aromatic hydroxyl groups is 1. The fourth-order valence-corrected chi connectivity index (χ4v) is 3.07. The number of ketones is 1. The number of carbonyl (C=O) groups excluding carboxylic acids is 1. The van der Waals surface area contributed by atoms with Crippen LogP contribution >= 0.6 is 12.2 Å². The number of benzene rings is 1. The lowest BCUT2D eigenvalue weighted by atomic mass is 9.85. The maximum Gasteiger partial charge on any atom is 0.171 e. The summed E-state index contributed by atoms with van der Waals surface area (Å²) in [6, 6.07) is 4.77. The summed E-state index contributed by atoms with van der Waals surface area (Å²) in [4.78, 5) is 12.3. The van der Waals surface area contributed by atoms with Crippen LogP contribution in [0.3, 0.4) is 0 Å². The molecule has 6 heteroatoms. The van der Waals surface area contributed by atoms with Crippen molar-refractivity contribution in [2.75, 3.05) is 7.11 Å². The summed E-state index contributed by atoms with van der Waals surface area (Å²) < 4.78 is 5.14. The maximum atomic E-state index is 12.3. The summed E-state index contributed by atoms with van der Waals surface area (Å²) in [5, 5.41) is 16.4. The first kappa shape index (κ1) is 13.9. The van der Waals surface area contributed by atoms with Crippen LogP contribution in [0, 0.1) is 0 Å². The van der Waals surface area contributed by atoms with Gasteiger partial charge in [0.1, 0.15) is 0 Å². The zero-order chi connectivity index (χ0) is 15.0. The van der Waals surface area contributed by atoms with E-state index in [0.717, 1.165) is 29.7 Å². The summed E-state index contributed by atoms with van der Waals surface area (Å²) in [6.45, 7) is 0. The van der Waals surface area contributed by atoms with Crippen LogP contribution in [0.15, 0.2) is 29.5 Å². The third-order valence-corrected chi connectivity index (χ3v) is 4.04. The first-order valence-corrected chi connectivity index (χ1v) is 7.21. The van der Waals surface area contributed by atoms with Gasteiger partial charge in [-0.2, -0.15) is 0 Å². The standard InChI is InChI=1S/C15H16N2O3S/c1-20-12-7-8(5-6-10(12)18)14-13-9(16-15(21)17-14)3-2-4-11(13)19/h5-7,14,18H,2-4H2,1H3,(H2,16,17,21)/t14-/m1/s1. The first-order valence-electron chi connectivity index (χ1n) is 6.81. The smallest absolute Gasteiger partial charge is 0.171 e. The second-order valence-electron chi connectivity index (χ2n) is 5.13. The molecule has 1 aromatic rings. The molecule has 1 atom stereocenters. The van der Waals surface area contributed by atoms with Gasteiger partial charge in [0.15, 0.2) is 22.4 Å². The molecule has 3 N–H and O–H groups in total. The van der Waals surface area contributed by atoms with Gasteiger partial charge in [-0.1, -0.05) is 6.07 Å². The number of Topliss-reactive ketones (excluding diaryl/α,β-unsaturated/α-hetero) is 1. The normalized spacial score (nSPS) is 21.5. The molecule has 0 amide bonds. The van der Waals surface area contributed by atoms with Crippen LogP contribution in [0.5, 0.6) is 11.5 Å². The molecule has 0 bridgehead atoms. The van der Waals surface area contributed by atoms with Gasteiger partial charge in [-0.3, -0.25) is 4.79 Å². The average Bonchev–Trinajstić information content (AvgIpc) is 2.47. The molecular weight excluding hydrogens is 288 g/mol. The minimum Gasteiger partial charge on any atom is -0.504 e. The number of hydrogen-bond acceptors (Lipinski definition) is 4. The van der Waals surface area contributed by atoms with E-state index in [0.29, 0.717) is 17.3 Å². The van der Waals surface area contributed by atoms with E-state index >= 15 is 0 Å². The molecule has 0 aromatic heterocycles. The number of phenolic OH excluding ortho intramolecular Hbond substituents is 1. The van der Waals surface area contributed by atoms with Crippen LogP contribution in [0.1, 0.15) is 30.9 Å². The molecular formula is C15H16N2O3S. The van der Waals surface area contributed by atoms with Crippen LogP contribution in [0.25, 0.3) is 0 Å². The Balaban J connectivity index is 2.07. The monoisotopic (exact) mass is 304 g/mol. The fraction of sp³-hybridized carbons (Fsp3) is 0.333. The summed E-state index contributed by atoms with van der Waals surface area (Å²) in [5.41, 5.74) is 2.49. The molecule has 1 aromatic carbocycles. The maximum absolute atomic E-state index is 12.3. The van der Waals surface area contributed by atoms with E-state index in [-0.39, 0.29) is 17.6 Å². The molecule has 0 fully saturated rings. The van der Waals surface area contributed by atoms with Crippen molar-refractivity contribution >= 4 is 23.1 Å². The highest BCUT2D eigenvalue weighted by molar-refractivity contribution is 7.80. The summed E-state index contributed by atoms with van der Waals surface area (Å²) in [7, 11) is 1.50. The number of phenols is 1. The Labute approximate surface area is 128 Å². The van der Waals surface area contributed by atoms with Crippen LogP contribution in [-0.2, 0) is 4.79 Å². The third-order valence-electron chi connectivity index (χ3n) is 3.82. The van der Waals surface area contributed by atoms with E-state index in [9.17, 15) is 9.90 Å². The Morgan fingerprint density at radius 1 is 1.38 bits per heavy atom. The predicted molar refractivity (Wildman–Crippen MR) is 82.2 cm³/mol. The highest BCUT2D eigenvalue weighted by atomic mass is 32.1. The van der Waals surface area contributed by atoms with Crippen molar-refractivity contribution in [3.8, 4) is 11.5 Å². The van der Waals surface area contributed by atoms with Gasteiger partial charge in [0.25, 0.3) is 0 Å². The molecule has 0 saturated heterocycles. The molecule has 2 aliphatic rings. The topological polar surface area (TPSA) is 70.6 Å². The zero-order valence-electron chi connectivity index (χ0n) is 11.6. The summed E-state index contributed by atoms with van der Waals surface area (Å²) >= 11 is 5.23. The Morgan fingerprint density at radius 2 is 2.19 bits per heavy atom. The number of ether oxygens (including phenoxy) is 1. The van der Waals surface area contributed by atoms with Crippen LogP contribution in [-0.4, -0.2) is 23.1 Å². The Bertz CT molecular complexity index is 654. The molecule has 1 heterocycles. The second-order valence-corrected chi connectivity index (χ2v) is 5.54. The van der Waals surface area contributed by atoms with Crippen molar-refractivity contribution in [2.45, 2.75) is 25.3 Å². The number of carbonyl (C=O) groups is 1. The van der Waals surface area contributed by atoms with Crippen molar-refractivity contribution in [2.24, 2.45) is 0 Å². The summed E-state index contributed by atoms with van der Waals surface area (Å²) in [5.74, 6) is 0.585. The van der Waals surface area contributed by atoms with Gasteiger partial charge in [0.2, 0.25) is 0 Å². The number of thiocarbonyl (C=S) groups is 1. The van der Waals surface area contributed by atoms with Gasteiger partial charge in [-0.25, -0.2) is 0 Å². The number of methoxy groups -OCH3 is 1. The lowest BCUT2D eigenvalue weighted by Crippen LogP contribution is -2.46. The lowest BCUT2D eigenvalue weighted by Gasteiger charge is -2.33. The van der Waals surface area contributed by atoms with Crippen molar-refractivity contribution < 1.29 is 14.6 Å². The number of allylic oxidation sites excluding steroid dienone is 1. The van der Waals surface area contributed by atoms with Crippen LogP contribution in [0.4, 0.5) is 0 Å². The second kappa shape index (κ2) is 5.37. The van der Waals surface area contributed by atoms with E-state index in [4.69, 9.17) is 17.0 Å².